The summed E-state index contributed by atoms with van der Waals surface area (Å²) in [4.78, 5) is 11.5. The minimum atomic E-state index is -0.398. The van der Waals surface area contributed by atoms with E-state index in [1.165, 1.54) is 12.3 Å². The third-order valence-electron chi connectivity index (χ3n) is 0.726. The molecule has 2 N–H and O–H groups in total. The first-order valence-electron chi connectivity index (χ1n) is 2.44. The summed E-state index contributed by atoms with van der Waals surface area (Å²) in [5, 5.41) is 0. The molecule has 0 aliphatic rings. The van der Waals surface area contributed by atoms with E-state index in [4.69, 9.17) is 10.5 Å². The van der Waals surface area contributed by atoms with Gasteiger partial charge in [-0.25, -0.2) is 4.39 Å². The SMILES string of the molecule is C=O.Nc1cncc(F)c1. The summed E-state index contributed by atoms with van der Waals surface area (Å²) in [5.74, 6) is -0.398. The maximum atomic E-state index is 12.0. The van der Waals surface area contributed by atoms with Gasteiger partial charge < -0.3 is 10.5 Å². The van der Waals surface area contributed by atoms with Gasteiger partial charge in [0.2, 0.25) is 0 Å². The normalized spacial score (nSPS) is 7.70. The number of halogens is 1. The molecule has 0 radical (unpaired) electrons. The van der Waals surface area contributed by atoms with Gasteiger partial charge in [0.1, 0.15) is 12.6 Å². The molecule has 4 heteroatoms. The number of nitrogens with two attached hydrogens (primary N) is 1. The number of rotatable bonds is 0. The van der Waals surface area contributed by atoms with Crippen molar-refractivity contribution in [3.05, 3.63) is 24.3 Å². The second-order valence-corrected chi connectivity index (χ2v) is 1.44. The average Bonchev–Trinajstić information content (AvgIpc) is 1.91. The highest BCUT2D eigenvalue weighted by Gasteiger charge is 1.86. The highest BCUT2D eigenvalue weighted by Crippen LogP contribution is 1.99. The minimum Gasteiger partial charge on any atom is -0.397 e. The molecule has 0 atom stereocenters. The van der Waals surface area contributed by atoms with Crippen molar-refractivity contribution < 1.29 is 9.18 Å². The van der Waals surface area contributed by atoms with E-state index in [1.807, 2.05) is 6.79 Å². The number of anilines is 1. The summed E-state index contributed by atoms with van der Waals surface area (Å²) in [6, 6.07) is 1.22. The predicted octanol–water partition coefficient (Wildman–Crippen LogP) is 0.618. The van der Waals surface area contributed by atoms with Crippen molar-refractivity contribution in [1.29, 1.82) is 0 Å². The maximum Gasteiger partial charge on any atom is 0.143 e. The first-order chi connectivity index (χ1) is 4.79. The van der Waals surface area contributed by atoms with Crippen molar-refractivity contribution in [3.63, 3.8) is 0 Å². The standard InChI is InChI=1S/C5H5FN2.CH2O/c6-4-1-5(7)3-8-2-4;1-2/h1-3H,7H2;1H2. The van der Waals surface area contributed by atoms with E-state index >= 15 is 0 Å². The number of carbonyl (C=O) groups excluding carboxylic acids is 1. The predicted molar refractivity (Wildman–Crippen MR) is 35.7 cm³/mol. The first-order valence-corrected chi connectivity index (χ1v) is 2.44. The van der Waals surface area contributed by atoms with Gasteiger partial charge in [0.05, 0.1) is 11.9 Å². The van der Waals surface area contributed by atoms with E-state index < -0.39 is 5.82 Å². The fraction of sp³-hybridized carbons (Fsp3) is 0. The van der Waals surface area contributed by atoms with Crippen molar-refractivity contribution in [1.82, 2.24) is 4.98 Å². The lowest BCUT2D eigenvalue weighted by molar-refractivity contribution is -0.0979. The van der Waals surface area contributed by atoms with E-state index in [2.05, 4.69) is 4.98 Å². The molecule has 0 unspecified atom stereocenters. The summed E-state index contributed by atoms with van der Waals surface area (Å²) in [5.41, 5.74) is 5.51. The molecule has 0 aliphatic heterocycles. The lowest BCUT2D eigenvalue weighted by Crippen LogP contribution is -1.86. The molecule has 0 amide bonds. The largest absolute Gasteiger partial charge is 0.397 e. The molecule has 0 fully saturated rings. The number of hydrogen-bond donors (Lipinski definition) is 1. The molecular weight excluding hydrogens is 135 g/mol. The van der Waals surface area contributed by atoms with Crippen LogP contribution in [0.4, 0.5) is 10.1 Å². The maximum absolute atomic E-state index is 12.0. The van der Waals surface area contributed by atoms with Gasteiger partial charge in [0.25, 0.3) is 0 Å². The van der Waals surface area contributed by atoms with Gasteiger partial charge in [0.15, 0.2) is 0 Å². The lowest BCUT2D eigenvalue weighted by Gasteiger charge is -1.87. The van der Waals surface area contributed by atoms with Crippen LogP contribution in [0.3, 0.4) is 0 Å². The Hall–Kier alpha value is -1.45. The van der Waals surface area contributed by atoms with Crippen LogP contribution >= 0.6 is 0 Å². The van der Waals surface area contributed by atoms with Crippen LogP contribution in [0.5, 0.6) is 0 Å². The zero-order valence-corrected chi connectivity index (χ0v) is 5.25. The Labute approximate surface area is 57.7 Å². The summed E-state index contributed by atoms with van der Waals surface area (Å²) in [7, 11) is 0. The van der Waals surface area contributed by atoms with Gasteiger partial charge in [-0.05, 0) is 6.07 Å². The van der Waals surface area contributed by atoms with Crippen LogP contribution in [0.15, 0.2) is 18.5 Å². The summed E-state index contributed by atoms with van der Waals surface area (Å²) < 4.78 is 12.0. The van der Waals surface area contributed by atoms with Crippen molar-refractivity contribution in [2.24, 2.45) is 0 Å². The Morgan fingerprint density at radius 1 is 1.50 bits per heavy atom. The number of carbonyl (C=O) groups is 1. The van der Waals surface area contributed by atoms with Gasteiger partial charge in [-0.3, -0.25) is 4.98 Å². The number of aromatic nitrogens is 1. The van der Waals surface area contributed by atoms with Crippen LogP contribution < -0.4 is 5.73 Å². The third kappa shape index (κ3) is 2.76. The zero-order valence-electron chi connectivity index (χ0n) is 5.25. The van der Waals surface area contributed by atoms with Gasteiger partial charge in [0, 0.05) is 6.20 Å². The first kappa shape index (κ1) is 8.55. The molecule has 0 aliphatic carbocycles. The van der Waals surface area contributed by atoms with Gasteiger partial charge in [-0.1, -0.05) is 0 Å². The van der Waals surface area contributed by atoms with Gasteiger partial charge in [-0.2, -0.15) is 0 Å². The quantitative estimate of drug-likeness (QED) is 0.577. The zero-order chi connectivity index (χ0) is 7.98. The van der Waals surface area contributed by atoms with Crippen LogP contribution in [0.2, 0.25) is 0 Å². The monoisotopic (exact) mass is 142 g/mol. The number of nitrogen functional groups attached to an aromatic ring is 1. The molecule has 54 valence electrons. The summed E-state index contributed by atoms with van der Waals surface area (Å²) >= 11 is 0. The topological polar surface area (TPSA) is 56.0 Å². The number of hydrogen-bond acceptors (Lipinski definition) is 3. The second kappa shape index (κ2) is 4.43. The van der Waals surface area contributed by atoms with Crippen molar-refractivity contribution in [2.45, 2.75) is 0 Å². The van der Waals surface area contributed by atoms with Crippen molar-refractivity contribution in [2.75, 3.05) is 5.73 Å². The molecular formula is C6H7FN2O. The Bertz CT molecular complexity index is 187. The lowest BCUT2D eigenvalue weighted by atomic mass is 10.4. The number of nitrogens with zero attached hydrogens (tertiary/aromatic N) is 1. The van der Waals surface area contributed by atoms with Crippen LogP contribution in [0, 0.1) is 5.82 Å². The van der Waals surface area contributed by atoms with Crippen LogP contribution in [-0.2, 0) is 4.79 Å². The second-order valence-electron chi connectivity index (χ2n) is 1.44. The van der Waals surface area contributed by atoms with Crippen LogP contribution in [0.25, 0.3) is 0 Å². The number of pyridine rings is 1. The fourth-order valence-electron chi connectivity index (χ4n) is 0.428. The molecule has 0 saturated heterocycles. The molecule has 1 rings (SSSR count). The third-order valence-corrected chi connectivity index (χ3v) is 0.726. The van der Waals surface area contributed by atoms with E-state index in [-0.39, 0.29) is 0 Å². The minimum absolute atomic E-state index is 0.352. The molecule has 0 aromatic carbocycles. The van der Waals surface area contributed by atoms with Gasteiger partial charge in [-0.15, -0.1) is 0 Å². The van der Waals surface area contributed by atoms with E-state index in [0.717, 1.165) is 6.20 Å². The van der Waals surface area contributed by atoms with Gasteiger partial charge >= 0.3 is 0 Å². The molecule has 3 nitrogen and oxygen atoms in total. The summed E-state index contributed by atoms with van der Waals surface area (Å²) in [6.45, 7) is 2.00. The van der Waals surface area contributed by atoms with Crippen molar-refractivity contribution in [3.8, 4) is 0 Å². The van der Waals surface area contributed by atoms with Crippen LogP contribution in [-0.4, -0.2) is 11.8 Å². The molecule has 0 saturated carbocycles. The Morgan fingerprint density at radius 3 is 2.40 bits per heavy atom. The highest BCUT2D eigenvalue weighted by atomic mass is 19.1. The molecule has 1 heterocycles. The molecule has 0 spiro atoms. The average molecular weight is 142 g/mol. The Kier molecular flexibility index (Phi) is 3.79. The molecule has 1 aromatic heterocycles. The van der Waals surface area contributed by atoms with E-state index in [0.29, 0.717) is 5.69 Å². The highest BCUT2D eigenvalue weighted by molar-refractivity contribution is 5.33. The fourth-order valence-corrected chi connectivity index (χ4v) is 0.428. The van der Waals surface area contributed by atoms with Crippen LogP contribution in [0.1, 0.15) is 0 Å². The molecule has 0 bridgehead atoms. The van der Waals surface area contributed by atoms with Crippen molar-refractivity contribution >= 4 is 12.5 Å². The summed E-state index contributed by atoms with van der Waals surface area (Å²) in [6.07, 6.45) is 2.50. The van der Waals surface area contributed by atoms with E-state index in [9.17, 15) is 4.39 Å². The molecule has 10 heavy (non-hydrogen) atoms. The smallest absolute Gasteiger partial charge is 0.143 e. The molecule has 1 aromatic rings. The Morgan fingerprint density at radius 2 is 2.10 bits per heavy atom. The Balaban J connectivity index is 0.000000371. The van der Waals surface area contributed by atoms with E-state index in [1.54, 1.807) is 0 Å².